The van der Waals surface area contributed by atoms with Crippen LogP contribution in [0, 0.1) is 0 Å². The molecule has 1 fully saturated rings. The van der Waals surface area contributed by atoms with Crippen LogP contribution in [-0.4, -0.2) is 52.2 Å². The molecule has 1 aliphatic heterocycles. The molecule has 0 radical (unpaired) electrons. The van der Waals surface area contributed by atoms with Gasteiger partial charge < -0.3 is 19.4 Å². The molecule has 3 aromatic rings. The van der Waals surface area contributed by atoms with E-state index < -0.39 is 6.10 Å². The van der Waals surface area contributed by atoms with Gasteiger partial charge in [0.2, 0.25) is 0 Å². The monoisotopic (exact) mass is 384 g/mol. The molecule has 1 unspecified atom stereocenters. The summed E-state index contributed by atoms with van der Waals surface area (Å²) in [6.07, 6.45) is 0.867. The van der Waals surface area contributed by atoms with Crippen LogP contribution in [0.3, 0.4) is 0 Å². The predicted molar refractivity (Wildman–Crippen MR) is 103 cm³/mol. The quantitative estimate of drug-likeness (QED) is 0.745. The van der Waals surface area contributed by atoms with Gasteiger partial charge in [0.1, 0.15) is 23.2 Å². The minimum absolute atomic E-state index is 0.156. The Balaban J connectivity index is 1.56. The number of pyridine rings is 1. The van der Waals surface area contributed by atoms with Gasteiger partial charge in [-0.1, -0.05) is 17.3 Å². The molecule has 0 aromatic carbocycles. The van der Waals surface area contributed by atoms with E-state index in [2.05, 4.69) is 15.0 Å². The van der Waals surface area contributed by atoms with E-state index in [1.165, 1.54) is 11.3 Å². The Kier molecular flexibility index (Phi) is 4.91. The van der Waals surface area contributed by atoms with E-state index >= 15 is 0 Å². The minimum Gasteiger partial charge on any atom is -0.385 e. The maximum Gasteiger partial charge on any atom is 0.260 e. The number of thiophene rings is 1. The molecule has 7 nitrogen and oxygen atoms in total. The molecule has 1 atom stereocenters. The molecule has 1 aliphatic rings. The summed E-state index contributed by atoms with van der Waals surface area (Å²) in [7, 11) is 0. The lowest BCUT2D eigenvalue weighted by atomic mass is 10.1. The molecule has 4 rings (SSSR count). The number of aromatic nitrogens is 2. The largest absolute Gasteiger partial charge is 0.385 e. The van der Waals surface area contributed by atoms with Crippen molar-refractivity contribution in [1.29, 1.82) is 0 Å². The minimum atomic E-state index is -0.903. The predicted octanol–water partition coefficient (Wildman–Crippen LogP) is 2.81. The standard InChI is InChI=1S/C19H20N4O3S/c1-13(24)18-16(17(21-26-18)14-5-4-12-27-14)19(25)23-10-8-22(9-11-23)15-6-2-3-7-20-15/h2-7,12-13,24H,8-11H2,1H3. The number of carbonyl (C=O) groups is 1. The van der Waals surface area contributed by atoms with Crippen molar-refractivity contribution in [3.63, 3.8) is 0 Å². The Morgan fingerprint density at radius 1 is 1.22 bits per heavy atom. The number of amides is 1. The lowest BCUT2D eigenvalue weighted by molar-refractivity contribution is 0.0735. The fourth-order valence-electron chi connectivity index (χ4n) is 3.21. The van der Waals surface area contributed by atoms with Gasteiger partial charge in [-0.2, -0.15) is 0 Å². The van der Waals surface area contributed by atoms with Crippen molar-refractivity contribution in [2.45, 2.75) is 13.0 Å². The molecule has 1 amide bonds. The first kappa shape index (κ1) is 17.7. The van der Waals surface area contributed by atoms with E-state index in [4.69, 9.17) is 4.52 Å². The van der Waals surface area contributed by atoms with Crippen molar-refractivity contribution >= 4 is 23.1 Å². The lowest BCUT2D eigenvalue weighted by Crippen LogP contribution is -2.49. The fourth-order valence-corrected chi connectivity index (χ4v) is 3.93. The molecule has 0 spiro atoms. The topological polar surface area (TPSA) is 82.7 Å². The second-order valence-electron chi connectivity index (χ2n) is 6.39. The van der Waals surface area contributed by atoms with E-state index in [1.54, 1.807) is 18.0 Å². The third-order valence-corrected chi connectivity index (χ3v) is 5.48. The molecule has 140 valence electrons. The normalized spacial score (nSPS) is 15.8. The van der Waals surface area contributed by atoms with E-state index in [9.17, 15) is 9.90 Å². The molecular weight excluding hydrogens is 364 g/mol. The van der Waals surface area contributed by atoms with Crippen LogP contribution in [0.2, 0.25) is 0 Å². The summed E-state index contributed by atoms with van der Waals surface area (Å²) in [6, 6.07) is 9.61. The summed E-state index contributed by atoms with van der Waals surface area (Å²) in [5.41, 5.74) is 0.858. The molecule has 3 aromatic heterocycles. The molecule has 0 bridgehead atoms. The van der Waals surface area contributed by atoms with Crippen LogP contribution in [0.15, 0.2) is 46.4 Å². The summed E-state index contributed by atoms with van der Waals surface area (Å²) in [6.45, 7) is 4.13. The number of carbonyl (C=O) groups excluding carboxylic acids is 1. The summed E-state index contributed by atoms with van der Waals surface area (Å²) in [5.74, 6) is 0.977. The molecule has 27 heavy (non-hydrogen) atoms. The Morgan fingerprint density at radius 2 is 2.04 bits per heavy atom. The van der Waals surface area contributed by atoms with Crippen LogP contribution in [0.5, 0.6) is 0 Å². The van der Waals surface area contributed by atoms with Gasteiger partial charge in [0.15, 0.2) is 5.76 Å². The summed E-state index contributed by atoms with van der Waals surface area (Å²) in [5, 5.41) is 16.0. The number of anilines is 1. The van der Waals surface area contributed by atoms with Gasteiger partial charge >= 0.3 is 0 Å². The summed E-state index contributed by atoms with van der Waals surface area (Å²) < 4.78 is 5.32. The van der Waals surface area contributed by atoms with Crippen LogP contribution >= 0.6 is 11.3 Å². The van der Waals surface area contributed by atoms with Crippen molar-refractivity contribution in [2.75, 3.05) is 31.1 Å². The average molecular weight is 384 g/mol. The first-order valence-electron chi connectivity index (χ1n) is 8.82. The van der Waals surface area contributed by atoms with E-state index in [-0.39, 0.29) is 11.7 Å². The maximum atomic E-state index is 13.2. The SMILES string of the molecule is CC(O)c1onc(-c2cccs2)c1C(=O)N1CCN(c2ccccn2)CC1. The number of piperazine rings is 1. The third-order valence-electron chi connectivity index (χ3n) is 4.61. The van der Waals surface area contributed by atoms with Crippen LogP contribution in [0.4, 0.5) is 5.82 Å². The van der Waals surface area contributed by atoms with E-state index in [0.29, 0.717) is 37.4 Å². The maximum absolute atomic E-state index is 13.2. The van der Waals surface area contributed by atoms with Crippen molar-refractivity contribution in [1.82, 2.24) is 15.0 Å². The van der Waals surface area contributed by atoms with Crippen molar-refractivity contribution in [3.05, 3.63) is 53.2 Å². The summed E-state index contributed by atoms with van der Waals surface area (Å²) in [4.78, 5) is 22.4. The number of hydrogen-bond donors (Lipinski definition) is 1. The van der Waals surface area contributed by atoms with Gasteiger partial charge in [-0.25, -0.2) is 4.98 Å². The Labute approximate surface area is 160 Å². The number of rotatable bonds is 4. The second-order valence-corrected chi connectivity index (χ2v) is 7.34. The lowest BCUT2D eigenvalue weighted by Gasteiger charge is -2.35. The van der Waals surface area contributed by atoms with Gasteiger partial charge in [0.25, 0.3) is 5.91 Å². The highest BCUT2D eigenvalue weighted by atomic mass is 32.1. The zero-order valence-corrected chi connectivity index (χ0v) is 15.7. The smallest absolute Gasteiger partial charge is 0.260 e. The number of hydrogen-bond acceptors (Lipinski definition) is 7. The zero-order valence-electron chi connectivity index (χ0n) is 14.9. The van der Waals surface area contributed by atoms with Gasteiger partial charge in [0, 0.05) is 32.4 Å². The zero-order chi connectivity index (χ0) is 18.8. The summed E-state index contributed by atoms with van der Waals surface area (Å²) >= 11 is 1.49. The molecule has 1 saturated heterocycles. The van der Waals surface area contributed by atoms with Gasteiger partial charge in [-0.15, -0.1) is 11.3 Å². The van der Waals surface area contributed by atoms with Crippen molar-refractivity contribution in [3.8, 4) is 10.6 Å². The Hall–Kier alpha value is -2.71. The first-order valence-corrected chi connectivity index (χ1v) is 9.70. The third kappa shape index (κ3) is 3.45. The van der Waals surface area contributed by atoms with Gasteiger partial charge in [-0.3, -0.25) is 4.79 Å². The van der Waals surface area contributed by atoms with Crippen LogP contribution < -0.4 is 4.90 Å². The Bertz CT molecular complexity index is 900. The average Bonchev–Trinajstić information content (AvgIpc) is 3.37. The van der Waals surface area contributed by atoms with E-state index in [0.717, 1.165) is 10.7 Å². The second kappa shape index (κ2) is 7.50. The number of aliphatic hydroxyl groups is 1. The number of aliphatic hydroxyl groups excluding tert-OH is 1. The van der Waals surface area contributed by atoms with Crippen LogP contribution in [-0.2, 0) is 0 Å². The molecule has 0 saturated carbocycles. The highest BCUT2D eigenvalue weighted by molar-refractivity contribution is 7.13. The highest BCUT2D eigenvalue weighted by Crippen LogP contribution is 2.33. The molecule has 4 heterocycles. The van der Waals surface area contributed by atoms with Crippen molar-refractivity contribution < 1.29 is 14.4 Å². The van der Waals surface area contributed by atoms with Crippen LogP contribution in [0.25, 0.3) is 10.6 Å². The van der Waals surface area contributed by atoms with Gasteiger partial charge in [-0.05, 0) is 30.5 Å². The van der Waals surface area contributed by atoms with Crippen molar-refractivity contribution in [2.24, 2.45) is 0 Å². The highest BCUT2D eigenvalue weighted by Gasteiger charge is 2.32. The fraction of sp³-hybridized carbons (Fsp3) is 0.316. The molecular formula is C19H20N4O3S. The van der Waals surface area contributed by atoms with Crippen LogP contribution in [0.1, 0.15) is 29.1 Å². The van der Waals surface area contributed by atoms with Gasteiger partial charge in [0.05, 0.1) is 4.88 Å². The number of nitrogens with zero attached hydrogens (tertiary/aromatic N) is 4. The molecule has 8 heteroatoms. The first-order chi connectivity index (χ1) is 13.1. The van der Waals surface area contributed by atoms with E-state index in [1.807, 2.05) is 35.7 Å². The Morgan fingerprint density at radius 3 is 2.67 bits per heavy atom. The molecule has 1 N–H and O–H groups in total. The molecule has 0 aliphatic carbocycles.